The van der Waals surface area contributed by atoms with Crippen molar-refractivity contribution in [2.75, 3.05) is 0 Å². The first-order valence-corrected chi connectivity index (χ1v) is 4.60. The van der Waals surface area contributed by atoms with E-state index < -0.39 is 0 Å². The van der Waals surface area contributed by atoms with Crippen molar-refractivity contribution in [1.29, 1.82) is 0 Å². The Hall–Kier alpha value is -0.470. The van der Waals surface area contributed by atoms with Gasteiger partial charge in [0, 0.05) is 10.9 Å². The Morgan fingerprint density at radius 3 is 2.50 bits per heavy atom. The minimum Gasteiger partial charge on any atom is -0.324 e. The Bertz CT molecular complexity index is 258. The fourth-order valence-electron chi connectivity index (χ4n) is 1.12. The van der Waals surface area contributed by atoms with E-state index in [-0.39, 0.29) is 6.04 Å². The van der Waals surface area contributed by atoms with Gasteiger partial charge in [-0.15, -0.1) is 12.6 Å². The van der Waals surface area contributed by atoms with E-state index in [1.54, 1.807) is 0 Å². The number of hydrogen-bond acceptors (Lipinski definition) is 2. The Morgan fingerprint density at radius 1 is 1.33 bits per heavy atom. The Kier molecular flexibility index (Phi) is 3.18. The summed E-state index contributed by atoms with van der Waals surface area (Å²) in [5.74, 6) is 0.472. The molecule has 12 heavy (non-hydrogen) atoms. The fourth-order valence-corrected chi connectivity index (χ4v) is 1.35. The summed E-state index contributed by atoms with van der Waals surface area (Å²) in [6.45, 7) is 4.24. The molecule has 0 aliphatic rings. The average molecular weight is 181 g/mol. The predicted molar refractivity (Wildman–Crippen MR) is 55.5 cm³/mol. The van der Waals surface area contributed by atoms with Gasteiger partial charge in [0.05, 0.1) is 0 Å². The second kappa shape index (κ2) is 3.97. The van der Waals surface area contributed by atoms with E-state index in [9.17, 15) is 0 Å². The van der Waals surface area contributed by atoms with Gasteiger partial charge < -0.3 is 5.73 Å². The van der Waals surface area contributed by atoms with E-state index in [4.69, 9.17) is 5.73 Å². The summed E-state index contributed by atoms with van der Waals surface area (Å²) in [5, 5.41) is 0. The van der Waals surface area contributed by atoms with Gasteiger partial charge in [0.25, 0.3) is 0 Å². The van der Waals surface area contributed by atoms with Crippen molar-refractivity contribution in [3.63, 3.8) is 0 Å². The summed E-state index contributed by atoms with van der Waals surface area (Å²) >= 11 is 4.26. The molecule has 66 valence electrons. The van der Waals surface area contributed by atoms with Crippen molar-refractivity contribution in [2.24, 2.45) is 11.7 Å². The number of nitrogens with two attached hydrogens (primary N) is 1. The lowest BCUT2D eigenvalue weighted by Gasteiger charge is -2.15. The van der Waals surface area contributed by atoms with Gasteiger partial charge in [0.2, 0.25) is 0 Å². The lowest BCUT2D eigenvalue weighted by molar-refractivity contribution is 0.513. The molecule has 0 bridgehead atoms. The minimum atomic E-state index is 0.122. The van der Waals surface area contributed by atoms with Crippen LogP contribution in [0.3, 0.4) is 0 Å². The topological polar surface area (TPSA) is 26.0 Å². The van der Waals surface area contributed by atoms with Crippen molar-refractivity contribution in [3.05, 3.63) is 29.8 Å². The van der Waals surface area contributed by atoms with Gasteiger partial charge in [-0.2, -0.15) is 0 Å². The third-order valence-electron chi connectivity index (χ3n) is 1.97. The molecule has 0 aromatic heterocycles. The molecule has 0 aliphatic heterocycles. The van der Waals surface area contributed by atoms with Gasteiger partial charge in [-0.1, -0.05) is 26.0 Å². The second-order valence-corrected chi connectivity index (χ2v) is 3.88. The molecule has 2 heteroatoms. The molecule has 1 unspecified atom stereocenters. The maximum atomic E-state index is 5.97. The van der Waals surface area contributed by atoms with Crippen molar-refractivity contribution in [3.8, 4) is 0 Å². The molecule has 0 radical (unpaired) electrons. The summed E-state index contributed by atoms with van der Waals surface area (Å²) in [4.78, 5) is 0.976. The smallest absolute Gasteiger partial charge is 0.0318 e. The molecule has 0 aliphatic carbocycles. The van der Waals surface area contributed by atoms with Crippen LogP contribution in [0, 0.1) is 5.92 Å². The SMILES string of the molecule is CC(C)C(N)c1cccc(S)c1. The summed E-state index contributed by atoms with van der Waals surface area (Å²) in [6, 6.07) is 8.13. The normalized spacial score (nSPS) is 13.4. The van der Waals surface area contributed by atoms with Crippen molar-refractivity contribution >= 4 is 12.6 Å². The van der Waals surface area contributed by atoms with Crippen molar-refractivity contribution < 1.29 is 0 Å². The van der Waals surface area contributed by atoms with Gasteiger partial charge >= 0.3 is 0 Å². The van der Waals surface area contributed by atoms with Crippen molar-refractivity contribution in [2.45, 2.75) is 24.8 Å². The Morgan fingerprint density at radius 2 is 2.00 bits per heavy atom. The first kappa shape index (κ1) is 9.62. The van der Waals surface area contributed by atoms with Gasteiger partial charge in [-0.3, -0.25) is 0 Å². The molecule has 1 nitrogen and oxygen atoms in total. The van der Waals surface area contributed by atoms with E-state index in [0.29, 0.717) is 5.92 Å². The summed E-state index contributed by atoms with van der Waals surface area (Å²) in [5.41, 5.74) is 7.14. The molecule has 0 saturated heterocycles. The zero-order chi connectivity index (χ0) is 9.14. The largest absolute Gasteiger partial charge is 0.324 e. The maximum Gasteiger partial charge on any atom is 0.0318 e. The highest BCUT2D eigenvalue weighted by Gasteiger charge is 2.09. The van der Waals surface area contributed by atoms with Gasteiger partial charge in [0.1, 0.15) is 0 Å². The van der Waals surface area contributed by atoms with E-state index in [2.05, 4.69) is 26.5 Å². The fraction of sp³-hybridized carbons (Fsp3) is 0.400. The molecule has 0 fully saturated rings. The average Bonchev–Trinajstić information content (AvgIpc) is 2.03. The molecule has 0 heterocycles. The third-order valence-corrected chi connectivity index (χ3v) is 2.25. The molecular weight excluding hydrogens is 166 g/mol. The summed E-state index contributed by atoms with van der Waals surface area (Å²) < 4.78 is 0. The predicted octanol–water partition coefficient (Wildman–Crippen LogP) is 2.63. The van der Waals surface area contributed by atoms with Crippen molar-refractivity contribution in [1.82, 2.24) is 0 Å². The lowest BCUT2D eigenvalue weighted by atomic mass is 9.97. The first-order valence-electron chi connectivity index (χ1n) is 4.16. The zero-order valence-electron chi connectivity index (χ0n) is 7.49. The molecule has 2 N–H and O–H groups in total. The van der Waals surface area contributed by atoms with Crippen LogP contribution >= 0.6 is 12.6 Å². The van der Waals surface area contributed by atoms with Crippen LogP contribution < -0.4 is 5.73 Å². The first-order chi connectivity index (χ1) is 5.61. The quantitative estimate of drug-likeness (QED) is 0.674. The number of rotatable bonds is 2. The number of benzene rings is 1. The summed E-state index contributed by atoms with van der Waals surface area (Å²) in [6.07, 6.45) is 0. The van der Waals surface area contributed by atoms with E-state index in [1.807, 2.05) is 24.3 Å². The third kappa shape index (κ3) is 2.26. The van der Waals surface area contributed by atoms with Crippen LogP contribution in [-0.4, -0.2) is 0 Å². The van der Waals surface area contributed by atoms with Crippen LogP contribution in [0.4, 0.5) is 0 Å². The van der Waals surface area contributed by atoms with Crippen LogP contribution in [0.5, 0.6) is 0 Å². The van der Waals surface area contributed by atoms with Crippen LogP contribution in [0.15, 0.2) is 29.2 Å². The highest BCUT2D eigenvalue weighted by atomic mass is 32.1. The summed E-state index contributed by atoms with van der Waals surface area (Å²) in [7, 11) is 0. The van der Waals surface area contributed by atoms with Crippen LogP contribution in [0.2, 0.25) is 0 Å². The number of thiol groups is 1. The van der Waals surface area contributed by atoms with Gasteiger partial charge in [-0.05, 0) is 23.6 Å². The minimum absolute atomic E-state index is 0.122. The maximum absolute atomic E-state index is 5.97. The number of hydrogen-bond donors (Lipinski definition) is 2. The van der Waals surface area contributed by atoms with E-state index in [0.717, 1.165) is 10.5 Å². The van der Waals surface area contributed by atoms with E-state index in [1.165, 1.54) is 0 Å². The molecule has 1 atom stereocenters. The Labute approximate surface area is 79.4 Å². The lowest BCUT2D eigenvalue weighted by Crippen LogP contribution is -2.16. The van der Waals surface area contributed by atoms with E-state index >= 15 is 0 Å². The highest BCUT2D eigenvalue weighted by molar-refractivity contribution is 7.80. The molecule has 0 amide bonds. The highest BCUT2D eigenvalue weighted by Crippen LogP contribution is 2.20. The molecule has 1 rings (SSSR count). The molecule has 0 saturated carbocycles. The molecule has 1 aromatic rings. The van der Waals surface area contributed by atoms with Crippen LogP contribution in [0.25, 0.3) is 0 Å². The second-order valence-electron chi connectivity index (χ2n) is 3.36. The molecular formula is C10H15NS. The van der Waals surface area contributed by atoms with Crippen LogP contribution in [-0.2, 0) is 0 Å². The zero-order valence-corrected chi connectivity index (χ0v) is 8.38. The van der Waals surface area contributed by atoms with Gasteiger partial charge in [-0.25, -0.2) is 0 Å². The Balaban J connectivity index is 2.88. The molecule has 1 aromatic carbocycles. The van der Waals surface area contributed by atoms with Gasteiger partial charge in [0.15, 0.2) is 0 Å². The monoisotopic (exact) mass is 181 g/mol. The molecule has 0 spiro atoms. The van der Waals surface area contributed by atoms with Crippen LogP contribution in [0.1, 0.15) is 25.5 Å². The standard InChI is InChI=1S/C10H15NS/c1-7(2)10(11)8-4-3-5-9(12)6-8/h3-7,10,12H,11H2,1-2H3.